The van der Waals surface area contributed by atoms with Crippen LogP contribution in [0.4, 0.5) is 0 Å². The average Bonchev–Trinajstić information content (AvgIpc) is 2.52. The number of ether oxygens (including phenoxy) is 1. The van der Waals surface area contributed by atoms with E-state index < -0.39 is 0 Å². The lowest BCUT2D eigenvalue weighted by molar-refractivity contribution is 0.113. The van der Waals surface area contributed by atoms with Gasteiger partial charge in [0, 0.05) is 5.92 Å². The summed E-state index contributed by atoms with van der Waals surface area (Å²) in [6.07, 6.45) is 15.3. The highest BCUT2D eigenvalue weighted by Gasteiger charge is 2.30. The van der Waals surface area contributed by atoms with Crippen LogP contribution in [0.1, 0.15) is 64.7 Å². The van der Waals surface area contributed by atoms with Crippen LogP contribution in [0.25, 0.3) is 0 Å². The molecule has 0 aliphatic heterocycles. The lowest BCUT2D eigenvalue weighted by Crippen LogP contribution is -2.26. The summed E-state index contributed by atoms with van der Waals surface area (Å²) in [5.74, 6) is 2.95. The summed E-state index contributed by atoms with van der Waals surface area (Å²) < 4.78 is 5.61. The Kier molecular flexibility index (Phi) is 6.43. The minimum atomic E-state index is 0.348. The van der Waals surface area contributed by atoms with Crippen LogP contribution in [0.15, 0.2) is 12.3 Å². The molecule has 2 fully saturated rings. The van der Waals surface area contributed by atoms with Crippen molar-refractivity contribution >= 4 is 0 Å². The molecule has 2 nitrogen and oxygen atoms in total. The average molecular weight is 275 g/mol. The topological polar surface area (TPSA) is 33.0 Å². The molecule has 0 bridgehead atoms. The smallest absolute Gasteiger partial charge is 0.0901 e. The third-order valence-electron chi connectivity index (χ3n) is 5.27. The summed E-state index contributed by atoms with van der Waals surface area (Å²) in [4.78, 5) is 0. The van der Waals surface area contributed by atoms with Crippen molar-refractivity contribution < 1.29 is 4.74 Å². The van der Waals surface area contributed by atoms with Crippen LogP contribution in [0.3, 0.4) is 0 Å². The molecule has 20 heavy (non-hydrogen) atoms. The summed E-state index contributed by atoms with van der Waals surface area (Å²) >= 11 is 0. The molecule has 0 atom stereocenters. The Bertz CT molecular complexity index is 328. The molecule has 0 heterocycles. The van der Waals surface area contributed by atoms with Gasteiger partial charge in [0.15, 0.2) is 0 Å². The molecule has 0 aromatic rings. The minimum absolute atomic E-state index is 0.348. The summed E-state index contributed by atoms with van der Waals surface area (Å²) in [6.45, 7) is 3.04. The Labute approximate surface area is 124 Å². The number of rotatable bonds is 5. The van der Waals surface area contributed by atoms with Crippen molar-refractivity contribution in [3.63, 3.8) is 0 Å². The molecule has 2 saturated carbocycles. The maximum absolute atomic E-state index is 8.97. The third-order valence-corrected chi connectivity index (χ3v) is 5.27. The first-order chi connectivity index (χ1) is 9.83. The fraction of sp³-hybridized carbons (Fsp3) is 0.833. The zero-order chi connectivity index (χ0) is 14.2. The van der Waals surface area contributed by atoms with Gasteiger partial charge in [-0.25, -0.2) is 0 Å². The van der Waals surface area contributed by atoms with Gasteiger partial charge in [-0.2, -0.15) is 5.26 Å². The normalized spacial score (nSPS) is 34.8. The van der Waals surface area contributed by atoms with E-state index in [9.17, 15) is 0 Å². The largest absolute Gasteiger partial charge is 0.501 e. The summed E-state index contributed by atoms with van der Waals surface area (Å²) in [5.41, 5.74) is 0. The van der Waals surface area contributed by atoms with Crippen LogP contribution in [0.2, 0.25) is 0 Å². The molecule has 0 radical (unpaired) electrons. The minimum Gasteiger partial charge on any atom is -0.501 e. The first kappa shape index (κ1) is 15.4. The maximum Gasteiger partial charge on any atom is 0.0901 e. The Hall–Kier alpha value is -0.970. The van der Waals surface area contributed by atoms with Crippen LogP contribution in [-0.4, -0.2) is 6.61 Å². The van der Waals surface area contributed by atoms with E-state index in [4.69, 9.17) is 10.00 Å². The Balaban J connectivity index is 1.64. The van der Waals surface area contributed by atoms with Gasteiger partial charge in [-0.05, 0) is 75.5 Å². The zero-order valence-electron chi connectivity index (χ0n) is 12.9. The van der Waals surface area contributed by atoms with E-state index in [1.807, 2.05) is 6.26 Å². The summed E-state index contributed by atoms with van der Waals surface area (Å²) in [6, 6.07) is 2.44. The van der Waals surface area contributed by atoms with E-state index in [-0.39, 0.29) is 0 Å². The molecule has 112 valence electrons. The summed E-state index contributed by atoms with van der Waals surface area (Å²) in [5, 5.41) is 8.97. The van der Waals surface area contributed by atoms with Crippen LogP contribution in [-0.2, 0) is 4.74 Å². The maximum atomic E-state index is 8.97. The van der Waals surface area contributed by atoms with Crippen molar-refractivity contribution in [3.8, 4) is 6.07 Å². The molecule has 0 unspecified atom stereocenters. The molecule has 2 aliphatic rings. The molecule has 2 aliphatic carbocycles. The van der Waals surface area contributed by atoms with Gasteiger partial charge < -0.3 is 4.74 Å². The lowest BCUT2D eigenvalue weighted by atomic mass is 9.69. The Morgan fingerprint density at radius 1 is 1.00 bits per heavy atom. The van der Waals surface area contributed by atoms with Gasteiger partial charge in [0.25, 0.3) is 0 Å². The second kappa shape index (κ2) is 8.35. The molecule has 0 amide bonds. The fourth-order valence-electron chi connectivity index (χ4n) is 3.90. The highest BCUT2D eigenvalue weighted by atomic mass is 16.5. The highest BCUT2D eigenvalue weighted by Crippen LogP contribution is 2.41. The number of hydrogen-bond donors (Lipinski definition) is 0. The van der Waals surface area contributed by atoms with E-state index in [1.54, 1.807) is 0 Å². The van der Waals surface area contributed by atoms with Crippen molar-refractivity contribution in [2.75, 3.05) is 6.61 Å². The number of allylic oxidation sites excluding steroid dienone is 1. The number of nitrogens with zero attached hydrogens (tertiary/aromatic N) is 1. The molecule has 0 saturated heterocycles. The van der Waals surface area contributed by atoms with Gasteiger partial charge in [-0.3, -0.25) is 0 Å². The van der Waals surface area contributed by atoms with Gasteiger partial charge in [-0.1, -0.05) is 13.0 Å². The molecule has 2 rings (SSSR count). The predicted octanol–water partition coefficient (Wildman–Crippen LogP) is 5.06. The van der Waals surface area contributed by atoms with Crippen LogP contribution in [0.5, 0.6) is 0 Å². The van der Waals surface area contributed by atoms with Crippen molar-refractivity contribution in [2.24, 2.45) is 23.7 Å². The van der Waals surface area contributed by atoms with Crippen LogP contribution < -0.4 is 0 Å². The predicted molar refractivity (Wildman–Crippen MR) is 81.9 cm³/mol. The van der Waals surface area contributed by atoms with Crippen molar-refractivity contribution in [2.45, 2.75) is 64.7 Å². The Morgan fingerprint density at radius 2 is 1.60 bits per heavy atom. The fourth-order valence-corrected chi connectivity index (χ4v) is 3.90. The van der Waals surface area contributed by atoms with Crippen molar-refractivity contribution in [1.29, 1.82) is 5.26 Å². The van der Waals surface area contributed by atoms with Gasteiger partial charge in [0.1, 0.15) is 0 Å². The van der Waals surface area contributed by atoms with E-state index >= 15 is 0 Å². The van der Waals surface area contributed by atoms with Crippen molar-refractivity contribution in [3.05, 3.63) is 12.3 Å². The molecular formula is C18H29NO. The van der Waals surface area contributed by atoms with Gasteiger partial charge in [0.2, 0.25) is 0 Å². The molecular weight excluding hydrogens is 246 g/mol. The lowest BCUT2D eigenvalue weighted by Gasteiger charge is -2.36. The highest BCUT2D eigenvalue weighted by molar-refractivity contribution is 4.89. The molecule has 0 spiro atoms. The van der Waals surface area contributed by atoms with Crippen LogP contribution >= 0.6 is 0 Å². The van der Waals surface area contributed by atoms with E-state index in [0.29, 0.717) is 5.92 Å². The quantitative estimate of drug-likeness (QED) is 0.657. The zero-order valence-corrected chi connectivity index (χ0v) is 12.9. The molecule has 0 aromatic heterocycles. The van der Waals surface area contributed by atoms with E-state index in [2.05, 4.69) is 19.1 Å². The Morgan fingerprint density at radius 3 is 2.15 bits per heavy atom. The summed E-state index contributed by atoms with van der Waals surface area (Å²) in [7, 11) is 0. The van der Waals surface area contributed by atoms with Gasteiger partial charge in [0.05, 0.1) is 18.9 Å². The molecule has 0 aromatic carbocycles. The molecule has 0 N–H and O–H groups in total. The number of nitriles is 1. The first-order valence-corrected chi connectivity index (χ1v) is 8.49. The van der Waals surface area contributed by atoms with Crippen molar-refractivity contribution in [1.82, 2.24) is 0 Å². The number of hydrogen-bond acceptors (Lipinski definition) is 2. The van der Waals surface area contributed by atoms with E-state index in [0.717, 1.165) is 43.6 Å². The first-order valence-electron chi connectivity index (χ1n) is 8.49. The second-order valence-electron chi connectivity index (χ2n) is 6.63. The van der Waals surface area contributed by atoms with Gasteiger partial charge in [-0.15, -0.1) is 0 Å². The second-order valence-corrected chi connectivity index (χ2v) is 6.63. The van der Waals surface area contributed by atoms with E-state index in [1.165, 1.54) is 38.5 Å². The molecule has 2 heteroatoms. The standard InChI is InChI=1S/C18H29NO/c1-2-3-12-20-14-16-6-10-18(11-7-16)17-8-4-15(13-19)5-9-17/h3,12,15-18H,2,4-11,14H2,1H3/b12-3-. The van der Waals surface area contributed by atoms with Gasteiger partial charge >= 0.3 is 0 Å². The van der Waals surface area contributed by atoms with Crippen LogP contribution in [0, 0.1) is 35.0 Å². The SMILES string of the molecule is CC/C=C\OCC1CCC(C2CCC(C#N)CC2)CC1. The monoisotopic (exact) mass is 275 g/mol. The third kappa shape index (κ3) is 4.54.